The van der Waals surface area contributed by atoms with E-state index in [1.807, 2.05) is 37.3 Å². The SMILES string of the molecule is C=CCOC(=O)C(C(=O)O)(c1ccccc1)C(CCC)c1ccccc1. The zero-order valence-corrected chi connectivity index (χ0v) is 14.9. The van der Waals surface area contributed by atoms with E-state index in [4.69, 9.17) is 4.74 Å². The highest BCUT2D eigenvalue weighted by Crippen LogP contribution is 2.43. The number of hydrogen-bond acceptors (Lipinski definition) is 3. The molecule has 2 atom stereocenters. The van der Waals surface area contributed by atoms with Gasteiger partial charge in [0.2, 0.25) is 0 Å². The van der Waals surface area contributed by atoms with E-state index in [9.17, 15) is 14.7 Å². The minimum Gasteiger partial charge on any atom is -0.480 e. The van der Waals surface area contributed by atoms with Crippen molar-refractivity contribution in [1.29, 1.82) is 0 Å². The quantitative estimate of drug-likeness (QED) is 0.415. The molecule has 4 nitrogen and oxygen atoms in total. The number of rotatable bonds is 9. The summed E-state index contributed by atoms with van der Waals surface area (Å²) in [7, 11) is 0. The van der Waals surface area contributed by atoms with Crippen molar-refractivity contribution in [3.63, 3.8) is 0 Å². The van der Waals surface area contributed by atoms with Crippen LogP contribution in [0.1, 0.15) is 36.8 Å². The average molecular weight is 352 g/mol. The minimum atomic E-state index is -1.82. The normalized spacial score (nSPS) is 14.0. The third-order valence-corrected chi connectivity index (χ3v) is 4.52. The van der Waals surface area contributed by atoms with Gasteiger partial charge in [-0.2, -0.15) is 0 Å². The first kappa shape index (κ1) is 19.4. The molecule has 0 aliphatic rings. The van der Waals surface area contributed by atoms with Gasteiger partial charge in [-0.15, -0.1) is 0 Å². The van der Waals surface area contributed by atoms with Crippen molar-refractivity contribution in [2.75, 3.05) is 6.61 Å². The molecule has 0 amide bonds. The monoisotopic (exact) mass is 352 g/mol. The van der Waals surface area contributed by atoms with Crippen LogP contribution in [0.25, 0.3) is 0 Å². The number of aliphatic carboxylic acids is 1. The number of hydrogen-bond donors (Lipinski definition) is 1. The second-order valence-electron chi connectivity index (χ2n) is 6.12. The fourth-order valence-electron chi connectivity index (χ4n) is 3.38. The lowest BCUT2D eigenvalue weighted by molar-refractivity contribution is -0.162. The predicted molar refractivity (Wildman–Crippen MR) is 101 cm³/mol. The van der Waals surface area contributed by atoms with Crippen molar-refractivity contribution in [3.8, 4) is 0 Å². The Morgan fingerprint density at radius 2 is 1.69 bits per heavy atom. The number of carboxylic acids is 1. The Morgan fingerprint density at radius 3 is 2.19 bits per heavy atom. The first-order valence-corrected chi connectivity index (χ1v) is 8.71. The third kappa shape index (κ3) is 3.69. The van der Waals surface area contributed by atoms with Gasteiger partial charge in [-0.1, -0.05) is 86.7 Å². The van der Waals surface area contributed by atoms with E-state index in [2.05, 4.69) is 6.58 Å². The molecule has 0 aliphatic carbocycles. The molecule has 2 aromatic carbocycles. The fourth-order valence-corrected chi connectivity index (χ4v) is 3.38. The van der Waals surface area contributed by atoms with E-state index in [-0.39, 0.29) is 6.61 Å². The lowest BCUT2D eigenvalue weighted by atomic mass is 9.65. The van der Waals surface area contributed by atoms with Gasteiger partial charge in [-0.25, -0.2) is 0 Å². The van der Waals surface area contributed by atoms with Crippen LogP contribution in [0.3, 0.4) is 0 Å². The Labute approximate surface area is 154 Å². The Kier molecular flexibility index (Phi) is 6.73. The van der Waals surface area contributed by atoms with Crippen LogP contribution in [0.15, 0.2) is 73.3 Å². The standard InChI is InChI=1S/C22H24O4/c1-3-11-19(17-12-7-5-8-13-17)22(20(23)24,21(25)26-16-4-2)18-14-9-6-10-15-18/h4-10,12-15,19H,2-3,11,16H2,1H3,(H,23,24). The molecular formula is C22H24O4. The van der Waals surface area contributed by atoms with Crippen LogP contribution in [0.4, 0.5) is 0 Å². The van der Waals surface area contributed by atoms with Crippen molar-refractivity contribution in [2.45, 2.75) is 31.1 Å². The molecule has 0 heterocycles. The molecule has 0 bridgehead atoms. The van der Waals surface area contributed by atoms with Crippen LogP contribution in [0, 0.1) is 0 Å². The van der Waals surface area contributed by atoms with Gasteiger partial charge in [0.1, 0.15) is 6.61 Å². The second kappa shape index (κ2) is 8.99. The maximum atomic E-state index is 13.1. The van der Waals surface area contributed by atoms with E-state index in [0.717, 1.165) is 12.0 Å². The summed E-state index contributed by atoms with van der Waals surface area (Å²) in [4.78, 5) is 25.7. The van der Waals surface area contributed by atoms with Gasteiger partial charge in [-0.05, 0) is 17.5 Å². The number of esters is 1. The molecule has 0 radical (unpaired) electrons. The first-order valence-electron chi connectivity index (χ1n) is 8.71. The van der Waals surface area contributed by atoms with Gasteiger partial charge in [0.25, 0.3) is 0 Å². The highest BCUT2D eigenvalue weighted by molar-refractivity contribution is 6.07. The van der Waals surface area contributed by atoms with Crippen molar-refractivity contribution in [1.82, 2.24) is 0 Å². The molecule has 2 aromatic rings. The lowest BCUT2D eigenvalue weighted by Crippen LogP contribution is -2.50. The molecule has 0 fully saturated rings. The molecule has 0 aliphatic heterocycles. The highest BCUT2D eigenvalue weighted by Gasteiger charge is 2.55. The van der Waals surface area contributed by atoms with Crippen molar-refractivity contribution in [3.05, 3.63) is 84.4 Å². The van der Waals surface area contributed by atoms with E-state index in [0.29, 0.717) is 12.0 Å². The maximum Gasteiger partial charge on any atom is 0.329 e. The number of ether oxygens (including phenoxy) is 1. The molecule has 26 heavy (non-hydrogen) atoms. The van der Waals surface area contributed by atoms with Gasteiger partial charge >= 0.3 is 11.9 Å². The minimum absolute atomic E-state index is 0.0334. The highest BCUT2D eigenvalue weighted by atomic mass is 16.5. The van der Waals surface area contributed by atoms with Crippen LogP contribution in [-0.2, 0) is 19.7 Å². The van der Waals surface area contributed by atoms with Crippen LogP contribution < -0.4 is 0 Å². The van der Waals surface area contributed by atoms with Gasteiger partial charge in [0.15, 0.2) is 5.41 Å². The number of carboxylic acid groups (broad SMARTS) is 1. The maximum absolute atomic E-state index is 13.1. The molecule has 0 saturated carbocycles. The summed E-state index contributed by atoms with van der Waals surface area (Å²) in [5.41, 5.74) is -0.596. The first-order chi connectivity index (χ1) is 12.6. The van der Waals surface area contributed by atoms with Crippen LogP contribution >= 0.6 is 0 Å². The molecule has 0 spiro atoms. The van der Waals surface area contributed by atoms with E-state index in [1.54, 1.807) is 30.3 Å². The molecule has 4 heteroatoms. The van der Waals surface area contributed by atoms with Gasteiger partial charge in [-0.3, -0.25) is 9.59 Å². The number of carbonyl (C=O) groups is 2. The molecule has 0 saturated heterocycles. The molecule has 136 valence electrons. The summed E-state index contributed by atoms with van der Waals surface area (Å²) in [5.74, 6) is -2.52. The van der Waals surface area contributed by atoms with E-state index < -0.39 is 23.3 Å². The zero-order valence-electron chi connectivity index (χ0n) is 14.9. The third-order valence-electron chi connectivity index (χ3n) is 4.52. The van der Waals surface area contributed by atoms with Crippen LogP contribution in [-0.4, -0.2) is 23.7 Å². The van der Waals surface area contributed by atoms with E-state index >= 15 is 0 Å². The molecule has 0 aromatic heterocycles. The average Bonchev–Trinajstić information content (AvgIpc) is 2.67. The molecule has 1 N–H and O–H groups in total. The second-order valence-corrected chi connectivity index (χ2v) is 6.12. The Balaban J connectivity index is 2.72. The predicted octanol–water partition coefficient (Wildman–Crippen LogP) is 4.32. The van der Waals surface area contributed by atoms with Crippen molar-refractivity contribution < 1.29 is 19.4 Å². The zero-order chi connectivity index (χ0) is 19.0. The molecular weight excluding hydrogens is 328 g/mol. The molecule has 2 rings (SSSR count). The summed E-state index contributed by atoms with van der Waals surface area (Å²) < 4.78 is 5.28. The van der Waals surface area contributed by atoms with Gasteiger partial charge < -0.3 is 9.84 Å². The topological polar surface area (TPSA) is 63.6 Å². The summed E-state index contributed by atoms with van der Waals surface area (Å²) in [6.07, 6.45) is 2.71. The Bertz CT molecular complexity index is 739. The lowest BCUT2D eigenvalue weighted by Gasteiger charge is -2.35. The van der Waals surface area contributed by atoms with Gasteiger partial charge in [0.05, 0.1) is 0 Å². The summed E-state index contributed by atoms with van der Waals surface area (Å²) in [6, 6.07) is 17.9. The fraction of sp³-hybridized carbons (Fsp3) is 0.273. The van der Waals surface area contributed by atoms with Gasteiger partial charge in [0, 0.05) is 5.92 Å². The summed E-state index contributed by atoms with van der Waals surface area (Å²) in [5, 5.41) is 10.3. The number of benzene rings is 2. The van der Waals surface area contributed by atoms with Crippen LogP contribution in [0.5, 0.6) is 0 Å². The van der Waals surface area contributed by atoms with Crippen molar-refractivity contribution in [2.24, 2.45) is 0 Å². The smallest absolute Gasteiger partial charge is 0.329 e. The molecule has 2 unspecified atom stereocenters. The van der Waals surface area contributed by atoms with Crippen molar-refractivity contribution >= 4 is 11.9 Å². The number of carbonyl (C=O) groups excluding carboxylic acids is 1. The van der Waals surface area contributed by atoms with Crippen LogP contribution in [0.2, 0.25) is 0 Å². The Morgan fingerprint density at radius 1 is 1.12 bits per heavy atom. The van der Waals surface area contributed by atoms with E-state index in [1.165, 1.54) is 6.08 Å². The summed E-state index contributed by atoms with van der Waals surface area (Å²) in [6.45, 7) is 5.49. The largest absolute Gasteiger partial charge is 0.480 e. The Hall–Kier alpha value is -2.88. The summed E-state index contributed by atoms with van der Waals surface area (Å²) >= 11 is 0.